The monoisotopic (exact) mass is 345 g/mol. The summed E-state index contributed by atoms with van der Waals surface area (Å²) in [6, 6.07) is 6.27. The van der Waals surface area contributed by atoms with Crippen LogP contribution in [0.5, 0.6) is 0 Å². The standard InChI is InChI=1S/C18H14F3N3O/c19-13-6-7-14(20)16(21)15(13)11-3-1-2-9-4-5-10(8-12(9)11)17(25)24-18(22)23/h3-8H,1-2H2,(H4,22,23,24,25). The van der Waals surface area contributed by atoms with Crippen molar-refractivity contribution in [1.82, 2.24) is 0 Å². The second-order valence-electron chi connectivity index (χ2n) is 5.59. The first-order chi connectivity index (χ1) is 11.9. The second kappa shape index (κ2) is 6.43. The van der Waals surface area contributed by atoms with Gasteiger partial charge < -0.3 is 11.5 Å². The van der Waals surface area contributed by atoms with Crippen LogP contribution in [0.2, 0.25) is 0 Å². The maximum absolute atomic E-state index is 14.2. The van der Waals surface area contributed by atoms with Gasteiger partial charge in [0, 0.05) is 5.56 Å². The van der Waals surface area contributed by atoms with Gasteiger partial charge in [0.15, 0.2) is 17.6 Å². The number of rotatable bonds is 2. The molecular formula is C18H14F3N3O. The van der Waals surface area contributed by atoms with Gasteiger partial charge in [0.2, 0.25) is 0 Å². The smallest absolute Gasteiger partial charge is 0.280 e. The van der Waals surface area contributed by atoms with Gasteiger partial charge in [-0.15, -0.1) is 0 Å². The molecule has 0 radical (unpaired) electrons. The van der Waals surface area contributed by atoms with Crippen molar-refractivity contribution in [2.75, 3.05) is 0 Å². The van der Waals surface area contributed by atoms with Crippen molar-refractivity contribution in [2.24, 2.45) is 16.5 Å². The molecule has 0 atom stereocenters. The van der Waals surface area contributed by atoms with Crippen LogP contribution in [-0.4, -0.2) is 11.9 Å². The topological polar surface area (TPSA) is 81.5 Å². The summed E-state index contributed by atoms with van der Waals surface area (Å²) in [5, 5.41) is 0. The number of nitrogens with zero attached hydrogens (tertiary/aromatic N) is 1. The number of amides is 1. The number of nitrogens with two attached hydrogens (primary N) is 2. The molecule has 0 aliphatic heterocycles. The maximum atomic E-state index is 14.2. The minimum absolute atomic E-state index is 0.164. The van der Waals surface area contributed by atoms with E-state index >= 15 is 0 Å². The van der Waals surface area contributed by atoms with Crippen LogP contribution in [0.1, 0.15) is 33.5 Å². The predicted octanol–water partition coefficient (Wildman–Crippen LogP) is 2.90. The predicted molar refractivity (Wildman–Crippen MR) is 88.3 cm³/mol. The van der Waals surface area contributed by atoms with Crippen molar-refractivity contribution < 1.29 is 18.0 Å². The van der Waals surface area contributed by atoms with Crippen molar-refractivity contribution in [1.29, 1.82) is 0 Å². The van der Waals surface area contributed by atoms with Crippen molar-refractivity contribution in [3.63, 3.8) is 0 Å². The molecule has 0 saturated carbocycles. The molecule has 128 valence electrons. The molecule has 0 saturated heterocycles. The minimum Gasteiger partial charge on any atom is -0.370 e. The third kappa shape index (κ3) is 3.13. The highest BCUT2D eigenvalue weighted by Crippen LogP contribution is 2.35. The lowest BCUT2D eigenvalue weighted by Crippen LogP contribution is -2.24. The summed E-state index contributed by atoms with van der Waals surface area (Å²) in [5.74, 6) is -4.34. The molecule has 1 aliphatic carbocycles. The van der Waals surface area contributed by atoms with Crippen molar-refractivity contribution in [3.05, 3.63) is 76.1 Å². The van der Waals surface area contributed by atoms with Gasteiger partial charge in [-0.25, -0.2) is 13.2 Å². The first-order valence-corrected chi connectivity index (χ1v) is 7.49. The Balaban J connectivity index is 2.16. The first kappa shape index (κ1) is 16.8. The van der Waals surface area contributed by atoms with E-state index in [1.165, 1.54) is 12.1 Å². The molecule has 4 nitrogen and oxygen atoms in total. The molecule has 3 rings (SSSR count). The molecule has 7 heteroatoms. The number of aryl methyl sites for hydroxylation is 1. The summed E-state index contributed by atoms with van der Waals surface area (Å²) in [6.45, 7) is 0. The average Bonchev–Trinajstić information content (AvgIpc) is 2.57. The summed E-state index contributed by atoms with van der Waals surface area (Å²) in [7, 11) is 0. The molecule has 2 aromatic carbocycles. The lowest BCUT2D eigenvalue weighted by Gasteiger charge is -2.20. The zero-order valence-electron chi connectivity index (χ0n) is 13.0. The molecule has 2 aromatic rings. The lowest BCUT2D eigenvalue weighted by atomic mass is 9.85. The molecule has 0 spiro atoms. The fourth-order valence-electron chi connectivity index (χ4n) is 2.85. The van der Waals surface area contributed by atoms with E-state index in [0.29, 0.717) is 18.4 Å². The molecule has 0 aromatic heterocycles. The highest BCUT2D eigenvalue weighted by atomic mass is 19.2. The quantitative estimate of drug-likeness (QED) is 0.499. The third-order valence-electron chi connectivity index (χ3n) is 3.95. The molecule has 0 bridgehead atoms. The Morgan fingerprint density at radius 3 is 2.48 bits per heavy atom. The van der Waals surface area contributed by atoms with Crippen LogP contribution in [0.15, 0.2) is 41.4 Å². The molecule has 0 fully saturated rings. The van der Waals surface area contributed by atoms with E-state index in [2.05, 4.69) is 4.99 Å². The second-order valence-corrected chi connectivity index (χ2v) is 5.59. The number of fused-ring (bicyclic) bond motifs is 1. The number of benzene rings is 2. The highest BCUT2D eigenvalue weighted by molar-refractivity contribution is 6.02. The lowest BCUT2D eigenvalue weighted by molar-refractivity contribution is 0.100. The number of halogens is 3. The van der Waals surface area contributed by atoms with E-state index in [-0.39, 0.29) is 17.1 Å². The zero-order valence-corrected chi connectivity index (χ0v) is 13.0. The third-order valence-corrected chi connectivity index (χ3v) is 3.95. The molecular weight excluding hydrogens is 331 g/mol. The van der Waals surface area contributed by atoms with Gasteiger partial charge in [-0.05, 0) is 53.8 Å². The number of carbonyl (C=O) groups excluding carboxylic acids is 1. The molecule has 1 aliphatic rings. The van der Waals surface area contributed by atoms with Gasteiger partial charge in [-0.3, -0.25) is 4.79 Å². The van der Waals surface area contributed by atoms with Crippen LogP contribution >= 0.6 is 0 Å². The number of allylic oxidation sites excluding steroid dienone is 1. The van der Waals surface area contributed by atoms with E-state index in [0.717, 1.165) is 17.7 Å². The Bertz CT molecular complexity index is 931. The summed E-state index contributed by atoms with van der Waals surface area (Å²) >= 11 is 0. The Hall–Kier alpha value is -3.09. The Morgan fingerprint density at radius 1 is 1.04 bits per heavy atom. The number of aliphatic imine (C=N–C) groups is 1. The Labute approximate surface area is 141 Å². The van der Waals surface area contributed by atoms with Gasteiger partial charge in [0.1, 0.15) is 5.82 Å². The van der Waals surface area contributed by atoms with E-state index in [1.54, 1.807) is 12.1 Å². The molecule has 1 amide bonds. The van der Waals surface area contributed by atoms with Gasteiger partial charge in [0.05, 0.1) is 5.56 Å². The fraction of sp³-hybridized carbons (Fsp3) is 0.111. The maximum Gasteiger partial charge on any atom is 0.280 e. The average molecular weight is 345 g/mol. The van der Waals surface area contributed by atoms with E-state index in [1.807, 2.05) is 0 Å². The first-order valence-electron chi connectivity index (χ1n) is 7.49. The molecule has 4 N–H and O–H groups in total. The Morgan fingerprint density at radius 2 is 1.76 bits per heavy atom. The minimum atomic E-state index is -1.26. The molecule has 0 heterocycles. The van der Waals surface area contributed by atoms with Crippen LogP contribution in [0.4, 0.5) is 13.2 Å². The van der Waals surface area contributed by atoms with Gasteiger partial charge in [-0.2, -0.15) is 4.99 Å². The van der Waals surface area contributed by atoms with Crippen LogP contribution in [0.3, 0.4) is 0 Å². The SMILES string of the molecule is NC(N)=NC(=O)c1ccc2c(c1)C(c1c(F)ccc(F)c1F)=CCC2. The van der Waals surface area contributed by atoms with Crippen LogP contribution in [0, 0.1) is 17.5 Å². The summed E-state index contributed by atoms with van der Waals surface area (Å²) in [5.41, 5.74) is 11.6. The van der Waals surface area contributed by atoms with Crippen LogP contribution in [0.25, 0.3) is 5.57 Å². The van der Waals surface area contributed by atoms with E-state index in [9.17, 15) is 18.0 Å². The zero-order chi connectivity index (χ0) is 18.1. The van der Waals surface area contributed by atoms with Crippen molar-refractivity contribution >= 4 is 17.4 Å². The fourth-order valence-corrected chi connectivity index (χ4v) is 2.85. The summed E-state index contributed by atoms with van der Waals surface area (Å²) in [6.07, 6.45) is 2.80. The number of hydrogen-bond donors (Lipinski definition) is 2. The largest absolute Gasteiger partial charge is 0.370 e. The van der Waals surface area contributed by atoms with E-state index in [4.69, 9.17) is 11.5 Å². The van der Waals surface area contributed by atoms with E-state index < -0.39 is 28.9 Å². The number of guanidine groups is 1. The normalized spacial score (nSPS) is 13.0. The Kier molecular flexibility index (Phi) is 4.31. The van der Waals surface area contributed by atoms with Gasteiger partial charge >= 0.3 is 0 Å². The van der Waals surface area contributed by atoms with Gasteiger partial charge in [-0.1, -0.05) is 12.1 Å². The van der Waals surface area contributed by atoms with Gasteiger partial charge in [0.25, 0.3) is 5.91 Å². The van der Waals surface area contributed by atoms with Crippen molar-refractivity contribution in [2.45, 2.75) is 12.8 Å². The summed E-state index contributed by atoms with van der Waals surface area (Å²) in [4.78, 5) is 15.4. The van der Waals surface area contributed by atoms with Crippen molar-refractivity contribution in [3.8, 4) is 0 Å². The molecule has 25 heavy (non-hydrogen) atoms. The van der Waals surface area contributed by atoms with Crippen LogP contribution < -0.4 is 11.5 Å². The number of carbonyl (C=O) groups is 1. The highest BCUT2D eigenvalue weighted by Gasteiger charge is 2.23. The molecule has 0 unspecified atom stereocenters. The van der Waals surface area contributed by atoms with Crippen LogP contribution in [-0.2, 0) is 6.42 Å². The summed E-state index contributed by atoms with van der Waals surface area (Å²) < 4.78 is 41.9. The number of hydrogen-bond acceptors (Lipinski definition) is 1.